The van der Waals surface area contributed by atoms with Crippen molar-refractivity contribution in [1.82, 2.24) is 10.1 Å². The molecule has 0 N–H and O–H groups in total. The molecule has 0 aliphatic rings. The monoisotopic (exact) mass is 368 g/mol. The summed E-state index contributed by atoms with van der Waals surface area (Å²) in [5, 5.41) is 3.88. The zero-order valence-electron chi connectivity index (χ0n) is 14.6. The maximum absolute atomic E-state index is 12.9. The normalized spacial score (nSPS) is 10.6. The van der Waals surface area contributed by atoms with E-state index in [2.05, 4.69) is 10.1 Å². The van der Waals surface area contributed by atoms with Gasteiger partial charge in [-0.1, -0.05) is 29.4 Å². The molecule has 2 aromatic carbocycles. The van der Waals surface area contributed by atoms with E-state index >= 15 is 0 Å². The predicted octanol–water partition coefficient (Wildman–Crippen LogP) is 3.89. The summed E-state index contributed by atoms with van der Waals surface area (Å²) in [5.74, 6) is -0.639. The van der Waals surface area contributed by atoms with Gasteiger partial charge < -0.3 is 9.26 Å². The summed E-state index contributed by atoms with van der Waals surface area (Å²) in [6, 6.07) is 12.8. The number of esters is 1. The van der Waals surface area contributed by atoms with Crippen LogP contribution in [0.2, 0.25) is 0 Å². The Morgan fingerprint density at radius 1 is 1.07 bits per heavy atom. The van der Waals surface area contributed by atoms with Crippen LogP contribution in [0.25, 0.3) is 11.4 Å². The molecule has 0 radical (unpaired) electrons. The minimum Gasteiger partial charge on any atom is -0.456 e. The number of aryl methyl sites for hydroxylation is 1. The highest BCUT2D eigenvalue weighted by atomic mass is 19.1. The maximum atomic E-state index is 12.9. The van der Waals surface area contributed by atoms with E-state index in [0.29, 0.717) is 11.4 Å². The van der Waals surface area contributed by atoms with Gasteiger partial charge in [0.05, 0.1) is 6.42 Å². The van der Waals surface area contributed by atoms with Crippen LogP contribution in [0.1, 0.15) is 34.7 Å². The molecular weight excluding hydrogens is 351 g/mol. The summed E-state index contributed by atoms with van der Waals surface area (Å²) in [6.45, 7) is 1.77. The molecule has 1 aromatic heterocycles. The highest BCUT2D eigenvalue weighted by Gasteiger charge is 2.14. The minimum absolute atomic E-state index is 0.0250. The van der Waals surface area contributed by atoms with Crippen LogP contribution in [0.5, 0.6) is 0 Å². The molecule has 0 spiro atoms. The number of carbonyl (C=O) groups is 2. The number of hydrogen-bond acceptors (Lipinski definition) is 6. The van der Waals surface area contributed by atoms with E-state index in [9.17, 15) is 14.0 Å². The average molecular weight is 368 g/mol. The molecule has 0 fully saturated rings. The van der Waals surface area contributed by atoms with Crippen LogP contribution in [-0.4, -0.2) is 21.9 Å². The van der Waals surface area contributed by atoms with Gasteiger partial charge >= 0.3 is 5.97 Å². The number of ketones is 1. The van der Waals surface area contributed by atoms with Crippen LogP contribution in [0, 0.1) is 12.7 Å². The van der Waals surface area contributed by atoms with E-state index in [1.165, 1.54) is 24.3 Å². The van der Waals surface area contributed by atoms with Crippen LogP contribution in [0.3, 0.4) is 0 Å². The lowest BCUT2D eigenvalue weighted by Gasteiger charge is -2.02. The van der Waals surface area contributed by atoms with Crippen molar-refractivity contribution in [2.45, 2.75) is 26.4 Å². The molecule has 3 rings (SSSR count). The van der Waals surface area contributed by atoms with Crippen molar-refractivity contribution < 1.29 is 23.2 Å². The fourth-order valence-electron chi connectivity index (χ4n) is 2.46. The third kappa shape index (κ3) is 4.84. The van der Waals surface area contributed by atoms with E-state index in [4.69, 9.17) is 9.26 Å². The summed E-state index contributed by atoms with van der Waals surface area (Å²) >= 11 is 0. The Hall–Kier alpha value is -3.35. The largest absolute Gasteiger partial charge is 0.456 e. The van der Waals surface area contributed by atoms with Crippen molar-refractivity contribution in [3.8, 4) is 11.4 Å². The van der Waals surface area contributed by atoms with Gasteiger partial charge in [0.25, 0.3) is 5.89 Å². The molecule has 0 saturated carbocycles. The zero-order valence-corrected chi connectivity index (χ0v) is 14.6. The van der Waals surface area contributed by atoms with Gasteiger partial charge in [0.2, 0.25) is 5.82 Å². The van der Waals surface area contributed by atoms with Crippen molar-refractivity contribution in [1.29, 1.82) is 0 Å². The quantitative estimate of drug-likeness (QED) is 0.465. The summed E-state index contributed by atoms with van der Waals surface area (Å²) in [6.07, 6.45) is -0.113. The second-order valence-corrected chi connectivity index (χ2v) is 5.92. The molecule has 138 valence electrons. The molecule has 0 bridgehead atoms. The molecule has 6 nitrogen and oxygen atoms in total. The number of benzene rings is 2. The maximum Gasteiger partial charge on any atom is 0.306 e. The first-order valence-electron chi connectivity index (χ1n) is 8.36. The standard InChI is InChI=1S/C20H17FN2O4/c1-13-4-2-3-5-16(13)20-22-18(27-23-20)12-26-19(25)11-10-17(24)14-6-8-15(21)9-7-14/h2-9H,10-12H2,1H3. The highest BCUT2D eigenvalue weighted by molar-refractivity contribution is 5.97. The first-order chi connectivity index (χ1) is 13.0. The number of ether oxygens (including phenoxy) is 1. The van der Waals surface area contributed by atoms with Crippen LogP contribution >= 0.6 is 0 Å². The summed E-state index contributed by atoms with van der Waals surface area (Å²) < 4.78 is 23.0. The number of hydrogen-bond donors (Lipinski definition) is 0. The summed E-state index contributed by atoms with van der Waals surface area (Å²) in [5.41, 5.74) is 2.19. The Kier molecular flexibility index (Phi) is 5.71. The topological polar surface area (TPSA) is 82.3 Å². The van der Waals surface area contributed by atoms with Crippen molar-refractivity contribution in [3.63, 3.8) is 0 Å². The fourth-order valence-corrected chi connectivity index (χ4v) is 2.46. The molecular formula is C20H17FN2O4. The molecule has 0 atom stereocenters. The number of aromatic nitrogens is 2. The number of nitrogens with zero attached hydrogens (tertiary/aromatic N) is 2. The van der Waals surface area contributed by atoms with Crippen LogP contribution in [-0.2, 0) is 16.1 Å². The van der Waals surface area contributed by atoms with Gasteiger partial charge in [-0.2, -0.15) is 4.98 Å². The number of Topliss-reactive ketones (excluding diaryl/α,β-unsaturated/α-hetero) is 1. The average Bonchev–Trinajstić information content (AvgIpc) is 3.14. The number of halogens is 1. The molecule has 0 saturated heterocycles. The van der Waals surface area contributed by atoms with E-state index in [1.807, 2.05) is 31.2 Å². The van der Waals surface area contributed by atoms with Crippen LogP contribution in [0.15, 0.2) is 53.1 Å². The Morgan fingerprint density at radius 2 is 1.81 bits per heavy atom. The van der Waals surface area contributed by atoms with Crippen molar-refractivity contribution >= 4 is 11.8 Å². The molecule has 0 amide bonds. The third-order valence-corrected chi connectivity index (χ3v) is 3.93. The van der Waals surface area contributed by atoms with Gasteiger partial charge in [-0.3, -0.25) is 9.59 Å². The Morgan fingerprint density at radius 3 is 2.56 bits per heavy atom. The minimum atomic E-state index is -0.555. The molecule has 0 unspecified atom stereocenters. The number of carbonyl (C=O) groups excluding carboxylic acids is 2. The van der Waals surface area contributed by atoms with Gasteiger partial charge in [-0.05, 0) is 36.8 Å². The van der Waals surface area contributed by atoms with Gasteiger partial charge in [0, 0.05) is 17.5 Å². The van der Waals surface area contributed by atoms with Crippen LogP contribution in [0.4, 0.5) is 4.39 Å². The van der Waals surface area contributed by atoms with E-state index in [0.717, 1.165) is 11.1 Å². The van der Waals surface area contributed by atoms with Gasteiger partial charge in [0.15, 0.2) is 12.4 Å². The third-order valence-electron chi connectivity index (χ3n) is 3.93. The molecule has 3 aromatic rings. The first-order valence-corrected chi connectivity index (χ1v) is 8.36. The summed E-state index contributed by atoms with van der Waals surface area (Å²) in [7, 11) is 0. The lowest BCUT2D eigenvalue weighted by atomic mass is 10.1. The second kappa shape index (κ2) is 8.35. The second-order valence-electron chi connectivity index (χ2n) is 5.92. The molecule has 0 aliphatic carbocycles. The smallest absolute Gasteiger partial charge is 0.306 e. The first kappa shape index (κ1) is 18.4. The fraction of sp³-hybridized carbons (Fsp3) is 0.200. The zero-order chi connectivity index (χ0) is 19.2. The van der Waals surface area contributed by atoms with E-state index < -0.39 is 11.8 Å². The highest BCUT2D eigenvalue weighted by Crippen LogP contribution is 2.20. The van der Waals surface area contributed by atoms with Gasteiger partial charge in [-0.25, -0.2) is 4.39 Å². The molecule has 0 aliphatic heterocycles. The predicted molar refractivity (Wildman–Crippen MR) is 94.2 cm³/mol. The SMILES string of the molecule is Cc1ccccc1-c1noc(COC(=O)CCC(=O)c2ccc(F)cc2)n1. The van der Waals surface area contributed by atoms with Crippen LogP contribution < -0.4 is 0 Å². The van der Waals surface area contributed by atoms with E-state index in [1.54, 1.807) is 0 Å². The van der Waals surface area contributed by atoms with Gasteiger partial charge in [0.1, 0.15) is 5.82 Å². The van der Waals surface area contributed by atoms with Crippen molar-refractivity contribution in [2.75, 3.05) is 0 Å². The van der Waals surface area contributed by atoms with Crippen molar-refractivity contribution in [3.05, 3.63) is 71.4 Å². The Labute approximate surface area is 155 Å². The lowest BCUT2D eigenvalue weighted by Crippen LogP contribution is -2.08. The molecule has 1 heterocycles. The number of rotatable bonds is 7. The molecule has 7 heteroatoms. The van der Waals surface area contributed by atoms with E-state index in [-0.39, 0.29) is 31.1 Å². The lowest BCUT2D eigenvalue weighted by molar-refractivity contribution is -0.145. The Balaban J connectivity index is 1.49. The Bertz CT molecular complexity index is 951. The molecule has 27 heavy (non-hydrogen) atoms. The van der Waals surface area contributed by atoms with Crippen molar-refractivity contribution in [2.24, 2.45) is 0 Å². The summed E-state index contributed by atoms with van der Waals surface area (Å²) in [4.78, 5) is 28.0. The van der Waals surface area contributed by atoms with Gasteiger partial charge in [-0.15, -0.1) is 0 Å².